The van der Waals surface area contributed by atoms with Gasteiger partial charge in [0.25, 0.3) is 5.91 Å². The molecule has 0 saturated heterocycles. The van der Waals surface area contributed by atoms with Crippen molar-refractivity contribution in [1.82, 2.24) is 4.72 Å². The third-order valence-electron chi connectivity index (χ3n) is 3.83. The molecule has 0 aliphatic carbocycles. The lowest BCUT2D eigenvalue weighted by Crippen LogP contribution is -2.35. The Morgan fingerprint density at radius 3 is 2.41 bits per heavy atom. The third-order valence-corrected chi connectivity index (χ3v) is 5.49. The number of ether oxygens (including phenoxy) is 2. The summed E-state index contributed by atoms with van der Waals surface area (Å²) in [5, 5.41) is 2.93. The fourth-order valence-electron chi connectivity index (χ4n) is 2.26. The van der Waals surface area contributed by atoms with E-state index in [0.29, 0.717) is 16.5 Å². The van der Waals surface area contributed by atoms with Crippen LogP contribution in [0.3, 0.4) is 0 Å². The van der Waals surface area contributed by atoms with Crippen molar-refractivity contribution in [2.75, 3.05) is 19.0 Å². The Bertz CT molecular complexity index is 992. The lowest BCUT2D eigenvalue weighted by atomic mass is 10.2. The number of benzene rings is 2. The van der Waals surface area contributed by atoms with E-state index in [9.17, 15) is 18.0 Å². The number of carbonyl (C=O) groups is 2. The highest BCUT2D eigenvalue weighted by atomic mass is 35.5. The first kappa shape index (κ1) is 22.7. The van der Waals surface area contributed by atoms with Gasteiger partial charge in [-0.3, -0.25) is 9.59 Å². The van der Waals surface area contributed by atoms with Crippen LogP contribution in [0.15, 0.2) is 47.4 Å². The van der Waals surface area contributed by atoms with Crippen LogP contribution < -0.4 is 14.8 Å². The summed E-state index contributed by atoms with van der Waals surface area (Å²) in [4.78, 5) is 24.2. The number of carbonyl (C=O) groups excluding carboxylic acids is 2. The van der Waals surface area contributed by atoms with Gasteiger partial charge in [0.1, 0.15) is 12.3 Å². The number of aryl methyl sites for hydroxylation is 1. The van der Waals surface area contributed by atoms with Crippen molar-refractivity contribution >= 4 is 39.2 Å². The Morgan fingerprint density at radius 2 is 1.79 bits per heavy atom. The van der Waals surface area contributed by atoms with Crippen molar-refractivity contribution in [2.45, 2.75) is 24.8 Å². The standard InChI is InChI=1S/C19H21ClN2O6S/c1-12-4-7-15(8-5-12)29(25,26)21-11-18(23)28-13(2)19(24)22-16-10-14(20)6-9-17(16)27-3/h4-10,13,21H,11H2,1-3H3,(H,22,24)/t13-/m1/s1. The van der Waals surface area contributed by atoms with Gasteiger partial charge in [0, 0.05) is 5.02 Å². The van der Waals surface area contributed by atoms with E-state index in [2.05, 4.69) is 10.0 Å². The van der Waals surface area contributed by atoms with Crippen molar-refractivity contribution in [3.05, 3.63) is 53.1 Å². The molecule has 0 aliphatic heterocycles. The lowest BCUT2D eigenvalue weighted by Gasteiger charge is -2.15. The number of sulfonamides is 1. The lowest BCUT2D eigenvalue weighted by molar-refractivity contribution is -0.151. The summed E-state index contributed by atoms with van der Waals surface area (Å²) in [6.45, 7) is 2.57. The van der Waals surface area contributed by atoms with E-state index in [1.807, 2.05) is 6.92 Å². The first-order valence-corrected chi connectivity index (χ1v) is 10.4. The molecule has 0 aromatic heterocycles. The molecule has 1 atom stereocenters. The molecule has 0 unspecified atom stereocenters. The Labute approximate surface area is 174 Å². The number of rotatable bonds is 8. The summed E-state index contributed by atoms with van der Waals surface area (Å²) >= 11 is 5.91. The molecule has 10 heteroatoms. The molecule has 156 valence electrons. The molecule has 0 radical (unpaired) electrons. The van der Waals surface area contributed by atoms with Crippen LogP contribution in [-0.2, 0) is 24.3 Å². The normalized spacial score (nSPS) is 12.1. The largest absolute Gasteiger partial charge is 0.495 e. The number of nitrogens with one attached hydrogen (secondary N) is 2. The Balaban J connectivity index is 1.92. The van der Waals surface area contributed by atoms with E-state index in [4.69, 9.17) is 21.1 Å². The van der Waals surface area contributed by atoms with Gasteiger partial charge >= 0.3 is 5.97 Å². The number of halogens is 1. The first-order valence-electron chi connectivity index (χ1n) is 8.52. The van der Waals surface area contributed by atoms with Gasteiger partial charge in [-0.15, -0.1) is 0 Å². The highest BCUT2D eigenvalue weighted by molar-refractivity contribution is 7.89. The van der Waals surface area contributed by atoms with Gasteiger partial charge in [-0.1, -0.05) is 29.3 Å². The molecular formula is C19H21ClN2O6S. The molecule has 1 amide bonds. The number of amides is 1. The summed E-state index contributed by atoms with van der Waals surface area (Å²) in [6, 6.07) is 10.8. The van der Waals surface area contributed by atoms with Crippen LogP contribution in [0.25, 0.3) is 0 Å². The maximum absolute atomic E-state index is 12.3. The number of anilines is 1. The Morgan fingerprint density at radius 1 is 1.14 bits per heavy atom. The molecule has 0 aliphatic rings. The van der Waals surface area contributed by atoms with Crippen molar-refractivity contribution < 1.29 is 27.5 Å². The Kier molecular flexibility index (Phi) is 7.60. The summed E-state index contributed by atoms with van der Waals surface area (Å²) in [5.41, 5.74) is 1.22. The van der Waals surface area contributed by atoms with Gasteiger partial charge < -0.3 is 14.8 Å². The molecule has 0 saturated carbocycles. The second-order valence-corrected chi connectivity index (χ2v) is 8.31. The highest BCUT2D eigenvalue weighted by Crippen LogP contribution is 2.27. The quantitative estimate of drug-likeness (QED) is 0.610. The molecule has 2 N–H and O–H groups in total. The number of hydrogen-bond donors (Lipinski definition) is 2. The minimum atomic E-state index is -3.87. The highest BCUT2D eigenvalue weighted by Gasteiger charge is 2.21. The smallest absolute Gasteiger partial charge is 0.321 e. The van der Waals surface area contributed by atoms with E-state index in [0.717, 1.165) is 5.56 Å². The average Bonchev–Trinajstić information content (AvgIpc) is 2.67. The predicted molar refractivity (Wildman–Crippen MR) is 109 cm³/mol. The fraction of sp³-hybridized carbons (Fsp3) is 0.263. The SMILES string of the molecule is COc1ccc(Cl)cc1NC(=O)[C@@H](C)OC(=O)CNS(=O)(=O)c1ccc(C)cc1. The average molecular weight is 441 g/mol. The van der Waals surface area contributed by atoms with Gasteiger partial charge in [0.15, 0.2) is 6.10 Å². The van der Waals surface area contributed by atoms with Crippen LogP contribution in [0.4, 0.5) is 5.69 Å². The maximum atomic E-state index is 12.3. The minimum absolute atomic E-state index is 0.0229. The molecular weight excluding hydrogens is 420 g/mol. The second-order valence-electron chi connectivity index (χ2n) is 6.10. The molecule has 8 nitrogen and oxygen atoms in total. The maximum Gasteiger partial charge on any atom is 0.321 e. The molecule has 0 spiro atoms. The van der Waals surface area contributed by atoms with Gasteiger partial charge in [-0.2, -0.15) is 4.72 Å². The zero-order chi connectivity index (χ0) is 21.6. The zero-order valence-corrected chi connectivity index (χ0v) is 17.6. The van der Waals surface area contributed by atoms with Crippen molar-refractivity contribution in [3.8, 4) is 5.75 Å². The van der Waals surface area contributed by atoms with Crippen molar-refractivity contribution in [1.29, 1.82) is 0 Å². The van der Waals surface area contributed by atoms with Crippen LogP contribution >= 0.6 is 11.6 Å². The van der Waals surface area contributed by atoms with Gasteiger partial charge in [-0.25, -0.2) is 8.42 Å². The van der Waals surface area contributed by atoms with Crippen LogP contribution in [0.5, 0.6) is 5.75 Å². The van der Waals surface area contributed by atoms with E-state index >= 15 is 0 Å². The van der Waals surface area contributed by atoms with Crippen molar-refractivity contribution in [3.63, 3.8) is 0 Å². The third kappa shape index (κ3) is 6.45. The molecule has 0 heterocycles. The predicted octanol–water partition coefficient (Wildman–Crippen LogP) is 2.51. The number of hydrogen-bond acceptors (Lipinski definition) is 6. The van der Waals surface area contributed by atoms with Crippen LogP contribution in [0.1, 0.15) is 12.5 Å². The molecule has 2 aromatic carbocycles. The van der Waals surface area contributed by atoms with E-state index in [-0.39, 0.29) is 4.90 Å². The second kappa shape index (κ2) is 9.73. The summed E-state index contributed by atoms with van der Waals surface area (Å²) in [6.07, 6.45) is -1.17. The summed E-state index contributed by atoms with van der Waals surface area (Å²) in [5.74, 6) is -1.14. The van der Waals surface area contributed by atoms with E-state index in [1.54, 1.807) is 24.3 Å². The molecule has 0 fully saturated rings. The Hall–Kier alpha value is -2.62. The summed E-state index contributed by atoms with van der Waals surface area (Å²) in [7, 11) is -2.44. The van der Waals surface area contributed by atoms with Gasteiger partial charge in [-0.05, 0) is 44.2 Å². The van der Waals surface area contributed by atoms with Crippen LogP contribution in [0.2, 0.25) is 5.02 Å². The minimum Gasteiger partial charge on any atom is -0.495 e. The molecule has 0 bridgehead atoms. The first-order chi connectivity index (χ1) is 13.6. The topological polar surface area (TPSA) is 111 Å². The molecule has 2 aromatic rings. The molecule has 2 rings (SSSR count). The fourth-order valence-corrected chi connectivity index (χ4v) is 3.40. The van der Waals surface area contributed by atoms with Crippen LogP contribution in [0, 0.1) is 6.92 Å². The zero-order valence-electron chi connectivity index (χ0n) is 16.1. The van der Waals surface area contributed by atoms with E-state index in [1.165, 1.54) is 32.2 Å². The summed E-state index contributed by atoms with van der Waals surface area (Å²) < 4.78 is 36.6. The van der Waals surface area contributed by atoms with Gasteiger partial charge in [0.05, 0.1) is 17.7 Å². The number of methoxy groups -OCH3 is 1. The van der Waals surface area contributed by atoms with Crippen LogP contribution in [-0.4, -0.2) is 40.1 Å². The number of esters is 1. The van der Waals surface area contributed by atoms with Gasteiger partial charge in [0.2, 0.25) is 10.0 Å². The van der Waals surface area contributed by atoms with E-state index < -0.39 is 34.5 Å². The molecule has 29 heavy (non-hydrogen) atoms. The van der Waals surface area contributed by atoms with Crippen molar-refractivity contribution in [2.24, 2.45) is 0 Å². The monoisotopic (exact) mass is 440 g/mol.